The Hall–Kier alpha value is -1.02. The van der Waals surface area contributed by atoms with Gasteiger partial charge in [0, 0.05) is 25.9 Å². The van der Waals surface area contributed by atoms with Crippen molar-refractivity contribution in [1.29, 1.82) is 0 Å². The van der Waals surface area contributed by atoms with Crippen LogP contribution in [0.5, 0.6) is 0 Å². The standard InChI is InChI=1S/C16H24ClNO/c1-14-6-8-15(9-7-14)10-11-16(19)18(2)13-5-3-4-12-17/h6-9H,3-5,10-13H2,1-2H3. The van der Waals surface area contributed by atoms with Gasteiger partial charge in [-0.05, 0) is 31.7 Å². The number of hydrogen-bond acceptors (Lipinski definition) is 1. The fourth-order valence-electron chi connectivity index (χ4n) is 1.94. The van der Waals surface area contributed by atoms with E-state index in [0.29, 0.717) is 12.3 Å². The number of carbonyl (C=O) groups is 1. The molecule has 2 nitrogen and oxygen atoms in total. The van der Waals surface area contributed by atoms with E-state index in [-0.39, 0.29) is 5.91 Å². The van der Waals surface area contributed by atoms with Gasteiger partial charge in [-0.1, -0.05) is 36.2 Å². The predicted octanol–water partition coefficient (Wildman–Crippen LogP) is 3.80. The van der Waals surface area contributed by atoms with Gasteiger partial charge in [0.1, 0.15) is 0 Å². The van der Waals surface area contributed by atoms with Crippen LogP contribution in [0.1, 0.15) is 36.8 Å². The molecule has 0 aliphatic carbocycles. The maximum absolute atomic E-state index is 11.9. The number of aryl methyl sites for hydroxylation is 2. The Bertz CT molecular complexity index is 375. The molecule has 1 aromatic carbocycles. The van der Waals surface area contributed by atoms with E-state index in [1.165, 1.54) is 11.1 Å². The highest BCUT2D eigenvalue weighted by Gasteiger charge is 2.08. The van der Waals surface area contributed by atoms with Crippen molar-refractivity contribution < 1.29 is 4.79 Å². The molecule has 0 spiro atoms. The highest BCUT2D eigenvalue weighted by molar-refractivity contribution is 6.17. The lowest BCUT2D eigenvalue weighted by atomic mass is 10.1. The van der Waals surface area contributed by atoms with Gasteiger partial charge in [-0.25, -0.2) is 0 Å². The van der Waals surface area contributed by atoms with E-state index >= 15 is 0 Å². The summed E-state index contributed by atoms with van der Waals surface area (Å²) >= 11 is 5.63. The van der Waals surface area contributed by atoms with Gasteiger partial charge < -0.3 is 4.90 Å². The van der Waals surface area contributed by atoms with Crippen LogP contribution in [0.3, 0.4) is 0 Å². The summed E-state index contributed by atoms with van der Waals surface area (Å²) in [4.78, 5) is 13.8. The maximum atomic E-state index is 11.9. The van der Waals surface area contributed by atoms with Crippen molar-refractivity contribution in [1.82, 2.24) is 4.90 Å². The van der Waals surface area contributed by atoms with Crippen LogP contribution >= 0.6 is 11.6 Å². The molecule has 0 saturated carbocycles. The predicted molar refractivity (Wildman–Crippen MR) is 81.7 cm³/mol. The Morgan fingerprint density at radius 3 is 2.47 bits per heavy atom. The van der Waals surface area contributed by atoms with Crippen LogP contribution in [-0.2, 0) is 11.2 Å². The number of halogens is 1. The molecule has 106 valence electrons. The van der Waals surface area contributed by atoms with Gasteiger partial charge in [-0.2, -0.15) is 0 Å². The lowest BCUT2D eigenvalue weighted by Crippen LogP contribution is -2.27. The average molecular weight is 282 g/mol. The molecule has 0 fully saturated rings. The van der Waals surface area contributed by atoms with Gasteiger partial charge in [-0.15, -0.1) is 11.6 Å². The van der Waals surface area contributed by atoms with E-state index in [9.17, 15) is 4.79 Å². The first-order valence-corrected chi connectivity index (χ1v) is 7.52. The highest BCUT2D eigenvalue weighted by Crippen LogP contribution is 2.07. The molecule has 19 heavy (non-hydrogen) atoms. The number of nitrogens with zero attached hydrogens (tertiary/aromatic N) is 1. The first kappa shape index (κ1) is 16.0. The first-order valence-electron chi connectivity index (χ1n) is 6.99. The maximum Gasteiger partial charge on any atom is 0.222 e. The van der Waals surface area contributed by atoms with E-state index in [0.717, 1.165) is 32.2 Å². The third kappa shape index (κ3) is 6.63. The number of benzene rings is 1. The number of unbranched alkanes of at least 4 members (excludes halogenated alkanes) is 2. The second-order valence-electron chi connectivity index (χ2n) is 5.05. The second kappa shape index (κ2) is 8.98. The molecule has 1 aromatic rings. The SMILES string of the molecule is Cc1ccc(CCC(=O)N(C)CCCCCCl)cc1. The summed E-state index contributed by atoms with van der Waals surface area (Å²) in [5, 5.41) is 0. The Kier molecular flexibility index (Phi) is 7.57. The minimum Gasteiger partial charge on any atom is -0.346 e. The topological polar surface area (TPSA) is 20.3 Å². The van der Waals surface area contributed by atoms with Crippen molar-refractivity contribution in [2.45, 2.75) is 39.0 Å². The Morgan fingerprint density at radius 1 is 1.16 bits per heavy atom. The van der Waals surface area contributed by atoms with Crippen LogP contribution in [0.4, 0.5) is 0 Å². The van der Waals surface area contributed by atoms with Crippen LogP contribution in [0, 0.1) is 6.92 Å². The van der Waals surface area contributed by atoms with Crippen molar-refractivity contribution in [3.63, 3.8) is 0 Å². The fraction of sp³-hybridized carbons (Fsp3) is 0.562. The van der Waals surface area contributed by atoms with Crippen molar-refractivity contribution in [2.24, 2.45) is 0 Å². The molecule has 1 amide bonds. The number of rotatable bonds is 8. The van der Waals surface area contributed by atoms with Gasteiger partial charge >= 0.3 is 0 Å². The summed E-state index contributed by atoms with van der Waals surface area (Å²) in [5.74, 6) is 0.942. The van der Waals surface area contributed by atoms with Crippen molar-refractivity contribution in [3.05, 3.63) is 35.4 Å². The quantitative estimate of drug-likeness (QED) is 0.524. The zero-order valence-electron chi connectivity index (χ0n) is 12.0. The third-order valence-electron chi connectivity index (χ3n) is 3.30. The Balaban J connectivity index is 2.24. The average Bonchev–Trinajstić information content (AvgIpc) is 2.42. The normalized spacial score (nSPS) is 10.5. The number of hydrogen-bond donors (Lipinski definition) is 0. The number of alkyl halides is 1. The smallest absolute Gasteiger partial charge is 0.222 e. The molecule has 0 bridgehead atoms. The summed E-state index contributed by atoms with van der Waals surface area (Å²) in [6, 6.07) is 8.39. The zero-order valence-corrected chi connectivity index (χ0v) is 12.7. The summed E-state index contributed by atoms with van der Waals surface area (Å²) < 4.78 is 0. The molecular weight excluding hydrogens is 258 g/mol. The molecule has 0 heterocycles. The van der Waals surface area contributed by atoms with Crippen LogP contribution < -0.4 is 0 Å². The first-order chi connectivity index (χ1) is 9.13. The van der Waals surface area contributed by atoms with Gasteiger partial charge in [0.15, 0.2) is 0 Å². The Labute approximate surface area is 121 Å². The molecule has 0 unspecified atom stereocenters. The molecule has 0 aliphatic rings. The van der Waals surface area contributed by atoms with Gasteiger partial charge in [0.05, 0.1) is 0 Å². The van der Waals surface area contributed by atoms with Crippen molar-refractivity contribution in [3.8, 4) is 0 Å². The summed E-state index contributed by atoms with van der Waals surface area (Å²) in [5.41, 5.74) is 2.49. The highest BCUT2D eigenvalue weighted by atomic mass is 35.5. The molecule has 0 aromatic heterocycles. The van der Waals surface area contributed by atoms with E-state index in [2.05, 4.69) is 31.2 Å². The van der Waals surface area contributed by atoms with E-state index < -0.39 is 0 Å². The minimum atomic E-state index is 0.228. The van der Waals surface area contributed by atoms with Crippen LogP contribution in [0.25, 0.3) is 0 Å². The lowest BCUT2D eigenvalue weighted by molar-refractivity contribution is -0.129. The second-order valence-corrected chi connectivity index (χ2v) is 5.43. The van der Waals surface area contributed by atoms with Crippen LogP contribution in [0.2, 0.25) is 0 Å². The van der Waals surface area contributed by atoms with E-state index in [1.54, 1.807) is 0 Å². The van der Waals surface area contributed by atoms with Crippen molar-refractivity contribution in [2.75, 3.05) is 19.5 Å². The molecular formula is C16H24ClNO. The number of carbonyl (C=O) groups excluding carboxylic acids is 1. The zero-order chi connectivity index (χ0) is 14.1. The molecule has 0 atom stereocenters. The molecule has 1 rings (SSSR count). The monoisotopic (exact) mass is 281 g/mol. The minimum absolute atomic E-state index is 0.228. The molecule has 0 aliphatic heterocycles. The van der Waals surface area contributed by atoms with E-state index in [4.69, 9.17) is 11.6 Å². The van der Waals surface area contributed by atoms with E-state index in [1.807, 2.05) is 11.9 Å². The summed E-state index contributed by atoms with van der Waals surface area (Å²) in [6.45, 7) is 2.91. The fourth-order valence-corrected chi connectivity index (χ4v) is 2.13. The lowest BCUT2D eigenvalue weighted by Gasteiger charge is -2.17. The van der Waals surface area contributed by atoms with Crippen LogP contribution in [-0.4, -0.2) is 30.3 Å². The van der Waals surface area contributed by atoms with Crippen LogP contribution in [0.15, 0.2) is 24.3 Å². The molecule has 0 saturated heterocycles. The van der Waals surface area contributed by atoms with Gasteiger partial charge in [-0.3, -0.25) is 4.79 Å². The largest absolute Gasteiger partial charge is 0.346 e. The van der Waals surface area contributed by atoms with Crippen molar-refractivity contribution >= 4 is 17.5 Å². The Morgan fingerprint density at radius 2 is 1.84 bits per heavy atom. The van der Waals surface area contributed by atoms with Gasteiger partial charge in [0.25, 0.3) is 0 Å². The van der Waals surface area contributed by atoms with Gasteiger partial charge in [0.2, 0.25) is 5.91 Å². The number of amides is 1. The third-order valence-corrected chi connectivity index (χ3v) is 3.57. The molecule has 0 N–H and O–H groups in total. The summed E-state index contributed by atoms with van der Waals surface area (Å²) in [6.07, 6.45) is 4.59. The molecule has 3 heteroatoms. The summed E-state index contributed by atoms with van der Waals surface area (Å²) in [7, 11) is 1.89. The molecule has 0 radical (unpaired) electrons.